The predicted octanol–water partition coefficient (Wildman–Crippen LogP) is 2.26. The zero-order chi connectivity index (χ0) is 11.6. The van der Waals surface area contributed by atoms with E-state index in [2.05, 4.69) is 4.74 Å². The van der Waals surface area contributed by atoms with Crippen molar-refractivity contribution < 1.29 is 32.2 Å². The van der Waals surface area contributed by atoms with Crippen LogP contribution in [0.5, 0.6) is 5.75 Å². The minimum Gasteiger partial charge on any atom is -0.478 e. The fourth-order valence-corrected chi connectivity index (χ4v) is 0.905. The number of carbonyl (C=O) groups is 1. The third-order valence-electron chi connectivity index (χ3n) is 1.49. The number of aromatic carboxylic acids is 1. The lowest BCUT2D eigenvalue weighted by atomic mass is 10.2. The fourth-order valence-electron chi connectivity index (χ4n) is 0.905. The lowest BCUT2D eigenvalue weighted by Gasteiger charge is -2.08. The molecule has 0 unspecified atom stereocenters. The summed E-state index contributed by atoms with van der Waals surface area (Å²) in [6.45, 7) is -3.43. The molecule has 82 valence electrons. The van der Waals surface area contributed by atoms with Crippen molar-refractivity contribution in [3.05, 3.63) is 29.3 Å². The van der Waals surface area contributed by atoms with Gasteiger partial charge in [-0.2, -0.15) is 13.2 Å². The van der Waals surface area contributed by atoms with E-state index in [1.54, 1.807) is 0 Å². The van der Waals surface area contributed by atoms with E-state index in [-0.39, 0.29) is 0 Å². The first-order valence-electron chi connectivity index (χ1n) is 3.59. The van der Waals surface area contributed by atoms with Gasteiger partial charge in [-0.3, -0.25) is 0 Å². The van der Waals surface area contributed by atoms with E-state index in [0.29, 0.717) is 12.1 Å². The van der Waals surface area contributed by atoms with E-state index in [4.69, 9.17) is 5.11 Å². The lowest BCUT2D eigenvalue weighted by molar-refractivity contribution is -0.0530. The standard InChI is InChI=1S/C8H4F4O3/c9-4-2-1-3(7(13)14)6(5(4)10)15-8(11)12/h1-2,8H,(H,13,14). The number of carboxylic acids is 1. The van der Waals surface area contributed by atoms with Crippen LogP contribution in [0.3, 0.4) is 0 Å². The topological polar surface area (TPSA) is 46.5 Å². The summed E-state index contributed by atoms with van der Waals surface area (Å²) in [5, 5.41) is 8.48. The summed E-state index contributed by atoms with van der Waals surface area (Å²) >= 11 is 0. The van der Waals surface area contributed by atoms with E-state index in [9.17, 15) is 22.4 Å². The lowest BCUT2D eigenvalue weighted by Crippen LogP contribution is -2.10. The number of halogens is 4. The number of benzene rings is 1. The van der Waals surface area contributed by atoms with Crippen molar-refractivity contribution in [3.63, 3.8) is 0 Å². The molecule has 0 saturated heterocycles. The van der Waals surface area contributed by atoms with Gasteiger partial charge in [0.05, 0.1) is 0 Å². The van der Waals surface area contributed by atoms with Crippen LogP contribution < -0.4 is 4.74 Å². The minimum atomic E-state index is -3.43. The molecular weight excluding hydrogens is 220 g/mol. The molecule has 3 nitrogen and oxygen atoms in total. The van der Waals surface area contributed by atoms with Gasteiger partial charge < -0.3 is 9.84 Å². The summed E-state index contributed by atoms with van der Waals surface area (Å²) in [5.41, 5.74) is -0.866. The number of hydrogen-bond donors (Lipinski definition) is 1. The highest BCUT2D eigenvalue weighted by molar-refractivity contribution is 5.90. The van der Waals surface area contributed by atoms with Gasteiger partial charge in [0.2, 0.25) is 5.82 Å². The minimum absolute atomic E-state index is 0.511. The predicted molar refractivity (Wildman–Crippen MR) is 39.9 cm³/mol. The van der Waals surface area contributed by atoms with Gasteiger partial charge in [0, 0.05) is 0 Å². The van der Waals surface area contributed by atoms with Gasteiger partial charge in [0.15, 0.2) is 11.6 Å². The van der Waals surface area contributed by atoms with Gasteiger partial charge in [-0.05, 0) is 12.1 Å². The third-order valence-corrected chi connectivity index (χ3v) is 1.49. The molecule has 0 fully saturated rings. The van der Waals surface area contributed by atoms with Crippen molar-refractivity contribution in [2.24, 2.45) is 0 Å². The second kappa shape index (κ2) is 4.16. The van der Waals surface area contributed by atoms with Crippen LogP contribution in [0, 0.1) is 11.6 Å². The van der Waals surface area contributed by atoms with Gasteiger partial charge in [-0.25, -0.2) is 9.18 Å². The Balaban J connectivity index is 3.28. The van der Waals surface area contributed by atoms with Gasteiger partial charge >= 0.3 is 12.6 Å². The zero-order valence-corrected chi connectivity index (χ0v) is 7.01. The van der Waals surface area contributed by atoms with Crippen molar-refractivity contribution in [3.8, 4) is 5.75 Å². The second-order valence-electron chi connectivity index (χ2n) is 2.42. The molecule has 0 aliphatic carbocycles. The maximum Gasteiger partial charge on any atom is 0.387 e. The van der Waals surface area contributed by atoms with Gasteiger partial charge in [0.25, 0.3) is 0 Å². The van der Waals surface area contributed by atoms with Crippen LogP contribution in [0.2, 0.25) is 0 Å². The molecule has 0 radical (unpaired) electrons. The normalized spacial score (nSPS) is 10.5. The number of alkyl halides is 2. The van der Waals surface area contributed by atoms with E-state index in [1.807, 2.05) is 0 Å². The molecule has 0 aromatic heterocycles. The highest BCUT2D eigenvalue weighted by Gasteiger charge is 2.22. The molecular formula is C8H4F4O3. The van der Waals surface area contributed by atoms with E-state index < -0.39 is 35.5 Å². The first-order valence-corrected chi connectivity index (χ1v) is 3.59. The molecule has 0 bridgehead atoms. The van der Waals surface area contributed by atoms with Crippen molar-refractivity contribution >= 4 is 5.97 Å². The van der Waals surface area contributed by atoms with Crippen molar-refractivity contribution in [2.45, 2.75) is 6.61 Å². The van der Waals surface area contributed by atoms with Crippen LogP contribution in [0.4, 0.5) is 17.6 Å². The summed E-state index contributed by atoms with van der Waals surface area (Å²) in [4.78, 5) is 10.5. The SMILES string of the molecule is O=C(O)c1ccc(F)c(F)c1OC(F)F. The largest absolute Gasteiger partial charge is 0.478 e. The Hall–Kier alpha value is -1.79. The average molecular weight is 224 g/mol. The summed E-state index contributed by atoms with van der Waals surface area (Å²) in [6.07, 6.45) is 0. The Morgan fingerprint density at radius 1 is 1.33 bits per heavy atom. The molecule has 7 heteroatoms. The molecule has 1 rings (SSSR count). The molecule has 0 spiro atoms. The first kappa shape index (κ1) is 11.3. The van der Waals surface area contributed by atoms with Crippen molar-refractivity contribution in [1.29, 1.82) is 0 Å². The van der Waals surface area contributed by atoms with Crippen molar-refractivity contribution in [1.82, 2.24) is 0 Å². The zero-order valence-electron chi connectivity index (χ0n) is 7.01. The Kier molecular flexibility index (Phi) is 3.13. The molecule has 0 aliphatic rings. The number of carboxylic acid groups (broad SMARTS) is 1. The van der Waals surface area contributed by atoms with Crippen molar-refractivity contribution in [2.75, 3.05) is 0 Å². The molecule has 0 heterocycles. The highest BCUT2D eigenvalue weighted by Crippen LogP contribution is 2.26. The average Bonchev–Trinajstić information content (AvgIpc) is 2.12. The molecule has 1 aromatic carbocycles. The molecule has 1 N–H and O–H groups in total. The fraction of sp³-hybridized carbons (Fsp3) is 0.125. The monoisotopic (exact) mass is 224 g/mol. The second-order valence-corrected chi connectivity index (χ2v) is 2.42. The van der Waals surface area contributed by atoms with Crippen LogP contribution in [0.15, 0.2) is 12.1 Å². The van der Waals surface area contributed by atoms with Crippen LogP contribution >= 0.6 is 0 Å². The third kappa shape index (κ3) is 2.36. The molecule has 1 aromatic rings. The number of rotatable bonds is 3. The number of ether oxygens (including phenoxy) is 1. The van der Waals surface area contributed by atoms with Gasteiger partial charge in [0.1, 0.15) is 5.56 Å². The number of hydrogen-bond acceptors (Lipinski definition) is 2. The summed E-state index contributed by atoms with van der Waals surface area (Å²) in [5.74, 6) is -6.21. The molecule has 0 amide bonds. The Morgan fingerprint density at radius 2 is 1.93 bits per heavy atom. The summed E-state index contributed by atoms with van der Waals surface area (Å²) in [7, 11) is 0. The molecule has 0 atom stereocenters. The van der Waals surface area contributed by atoms with E-state index >= 15 is 0 Å². The van der Waals surface area contributed by atoms with Crippen LogP contribution in [-0.4, -0.2) is 17.7 Å². The highest BCUT2D eigenvalue weighted by atomic mass is 19.3. The van der Waals surface area contributed by atoms with Crippen LogP contribution in [0.1, 0.15) is 10.4 Å². The molecule has 0 aliphatic heterocycles. The summed E-state index contributed by atoms with van der Waals surface area (Å²) < 4.78 is 52.6. The molecule has 0 saturated carbocycles. The Labute approximate surface area is 80.9 Å². The smallest absolute Gasteiger partial charge is 0.387 e. The first-order chi connectivity index (χ1) is 6.93. The van der Waals surface area contributed by atoms with Crippen LogP contribution in [-0.2, 0) is 0 Å². The summed E-state index contributed by atoms with van der Waals surface area (Å²) in [6, 6.07) is 1.15. The molecule has 15 heavy (non-hydrogen) atoms. The van der Waals surface area contributed by atoms with E-state index in [0.717, 1.165) is 0 Å². The Morgan fingerprint density at radius 3 is 2.40 bits per heavy atom. The van der Waals surface area contributed by atoms with Gasteiger partial charge in [-0.1, -0.05) is 0 Å². The van der Waals surface area contributed by atoms with Crippen LogP contribution in [0.25, 0.3) is 0 Å². The Bertz CT molecular complexity index is 392. The quantitative estimate of drug-likeness (QED) is 0.801. The maximum absolute atomic E-state index is 12.9. The van der Waals surface area contributed by atoms with Gasteiger partial charge in [-0.15, -0.1) is 0 Å². The van der Waals surface area contributed by atoms with E-state index in [1.165, 1.54) is 0 Å². The maximum atomic E-state index is 12.9.